The molecule has 6 heteroatoms. The van der Waals surface area contributed by atoms with E-state index in [0.29, 0.717) is 16.9 Å². The topological polar surface area (TPSA) is 115 Å². The molecular weight excluding hydrogens is 266 g/mol. The molecule has 1 amide bonds. The molecule has 21 heavy (non-hydrogen) atoms. The summed E-state index contributed by atoms with van der Waals surface area (Å²) in [6, 6.07) is 15.0. The Kier molecular flexibility index (Phi) is 4.15. The average molecular weight is 277 g/mol. The Balaban J connectivity index is 2.19. The maximum Gasteiger partial charge on any atom is 0.255 e. The first-order valence-electron chi connectivity index (χ1n) is 6.00. The van der Waals surface area contributed by atoms with Crippen LogP contribution >= 0.6 is 0 Å². The van der Waals surface area contributed by atoms with Crippen molar-refractivity contribution >= 4 is 17.3 Å². The van der Waals surface area contributed by atoms with Crippen molar-refractivity contribution in [2.75, 3.05) is 10.7 Å². The summed E-state index contributed by atoms with van der Waals surface area (Å²) in [6.45, 7) is 0. The van der Waals surface area contributed by atoms with Gasteiger partial charge in [-0.05, 0) is 42.5 Å². The number of amides is 1. The van der Waals surface area contributed by atoms with Gasteiger partial charge >= 0.3 is 0 Å². The zero-order chi connectivity index (χ0) is 15.2. The van der Waals surface area contributed by atoms with Crippen molar-refractivity contribution in [1.29, 1.82) is 10.5 Å². The molecule has 2 aromatic carbocycles. The van der Waals surface area contributed by atoms with E-state index in [2.05, 4.69) is 10.7 Å². The van der Waals surface area contributed by atoms with Crippen molar-refractivity contribution in [2.45, 2.75) is 0 Å². The Hall–Kier alpha value is -3.35. The fraction of sp³-hybridized carbons (Fsp3) is 0. The number of nitriles is 2. The van der Waals surface area contributed by atoms with Crippen LogP contribution in [0.1, 0.15) is 21.5 Å². The first-order valence-corrected chi connectivity index (χ1v) is 6.00. The Morgan fingerprint density at radius 2 is 1.57 bits per heavy atom. The van der Waals surface area contributed by atoms with E-state index in [1.54, 1.807) is 30.3 Å². The SMILES string of the molecule is N#Cc1ccc(NC(=O)c2ccc(NN)cc2)cc1C#N. The number of hydrogen-bond acceptors (Lipinski definition) is 5. The summed E-state index contributed by atoms with van der Waals surface area (Å²) < 4.78 is 0. The highest BCUT2D eigenvalue weighted by molar-refractivity contribution is 6.04. The Labute approximate surface area is 121 Å². The highest BCUT2D eigenvalue weighted by atomic mass is 16.1. The molecule has 0 saturated heterocycles. The molecule has 0 aliphatic heterocycles. The monoisotopic (exact) mass is 277 g/mol. The molecule has 0 unspecified atom stereocenters. The molecule has 6 nitrogen and oxygen atoms in total. The van der Waals surface area contributed by atoms with Gasteiger partial charge in [-0.1, -0.05) is 0 Å². The fourth-order valence-electron chi connectivity index (χ4n) is 1.73. The lowest BCUT2D eigenvalue weighted by atomic mass is 10.1. The van der Waals surface area contributed by atoms with Crippen LogP contribution in [-0.2, 0) is 0 Å². The van der Waals surface area contributed by atoms with E-state index in [0.717, 1.165) is 0 Å². The van der Waals surface area contributed by atoms with E-state index in [4.69, 9.17) is 16.4 Å². The van der Waals surface area contributed by atoms with Gasteiger partial charge in [-0.15, -0.1) is 0 Å². The number of nitrogens with one attached hydrogen (secondary N) is 2. The van der Waals surface area contributed by atoms with E-state index >= 15 is 0 Å². The number of hydrazine groups is 1. The lowest BCUT2D eigenvalue weighted by molar-refractivity contribution is 0.102. The molecule has 0 aromatic heterocycles. The van der Waals surface area contributed by atoms with E-state index in [-0.39, 0.29) is 17.0 Å². The Morgan fingerprint density at radius 3 is 2.14 bits per heavy atom. The summed E-state index contributed by atoms with van der Waals surface area (Å²) in [5.74, 6) is 4.94. The first kappa shape index (κ1) is 14.1. The van der Waals surface area contributed by atoms with E-state index in [1.807, 2.05) is 12.1 Å². The fourth-order valence-corrected chi connectivity index (χ4v) is 1.73. The van der Waals surface area contributed by atoms with Crippen LogP contribution in [0.3, 0.4) is 0 Å². The predicted octanol–water partition coefficient (Wildman–Crippen LogP) is 1.97. The number of benzene rings is 2. The summed E-state index contributed by atoms with van der Waals surface area (Å²) in [5.41, 5.74) is 4.57. The maximum absolute atomic E-state index is 12.1. The van der Waals surface area contributed by atoms with Gasteiger partial charge in [0, 0.05) is 16.9 Å². The molecule has 0 radical (unpaired) electrons. The van der Waals surface area contributed by atoms with E-state index < -0.39 is 0 Å². The van der Waals surface area contributed by atoms with Crippen molar-refractivity contribution in [2.24, 2.45) is 5.84 Å². The van der Waals surface area contributed by atoms with Crippen molar-refractivity contribution < 1.29 is 4.79 Å². The molecule has 4 N–H and O–H groups in total. The molecule has 0 spiro atoms. The third-order valence-corrected chi connectivity index (χ3v) is 2.83. The van der Waals surface area contributed by atoms with E-state index in [9.17, 15) is 4.79 Å². The molecule has 2 rings (SSSR count). The van der Waals surface area contributed by atoms with Gasteiger partial charge in [-0.25, -0.2) is 0 Å². The molecule has 0 aliphatic carbocycles. The quantitative estimate of drug-likeness (QED) is 0.586. The van der Waals surface area contributed by atoms with Gasteiger partial charge in [0.1, 0.15) is 12.1 Å². The number of anilines is 2. The molecule has 0 saturated carbocycles. The number of hydrogen-bond donors (Lipinski definition) is 3. The van der Waals surface area contributed by atoms with Crippen molar-refractivity contribution in [1.82, 2.24) is 0 Å². The summed E-state index contributed by atoms with van der Waals surface area (Å²) in [7, 11) is 0. The molecular formula is C15H11N5O. The van der Waals surface area contributed by atoms with Crippen LogP contribution in [0.25, 0.3) is 0 Å². The molecule has 2 aromatic rings. The number of nitrogens with two attached hydrogens (primary N) is 1. The molecule has 0 heterocycles. The number of nitrogens with zero attached hydrogens (tertiary/aromatic N) is 2. The van der Waals surface area contributed by atoms with Gasteiger partial charge in [-0.3, -0.25) is 10.6 Å². The van der Waals surface area contributed by atoms with Crippen molar-refractivity contribution in [3.8, 4) is 12.1 Å². The van der Waals surface area contributed by atoms with Gasteiger partial charge in [-0.2, -0.15) is 10.5 Å². The number of nitrogen functional groups attached to an aromatic ring is 1. The first-order chi connectivity index (χ1) is 10.2. The van der Waals surface area contributed by atoms with Crippen LogP contribution in [0.4, 0.5) is 11.4 Å². The predicted molar refractivity (Wildman–Crippen MR) is 78.1 cm³/mol. The highest BCUT2D eigenvalue weighted by Gasteiger charge is 2.08. The maximum atomic E-state index is 12.1. The Morgan fingerprint density at radius 1 is 0.952 bits per heavy atom. The highest BCUT2D eigenvalue weighted by Crippen LogP contribution is 2.16. The summed E-state index contributed by atoms with van der Waals surface area (Å²) in [4.78, 5) is 12.1. The minimum Gasteiger partial charge on any atom is -0.324 e. The largest absolute Gasteiger partial charge is 0.324 e. The van der Waals surface area contributed by atoms with Crippen LogP contribution in [0.2, 0.25) is 0 Å². The lowest BCUT2D eigenvalue weighted by Gasteiger charge is -2.07. The average Bonchev–Trinajstić information content (AvgIpc) is 2.54. The number of rotatable bonds is 3. The molecule has 0 bridgehead atoms. The summed E-state index contributed by atoms with van der Waals surface area (Å²) in [6.07, 6.45) is 0. The third kappa shape index (κ3) is 3.16. The number of carbonyl (C=O) groups excluding carboxylic acids is 1. The van der Waals surface area contributed by atoms with Gasteiger partial charge in [0.2, 0.25) is 0 Å². The zero-order valence-corrected chi connectivity index (χ0v) is 10.9. The molecule has 0 aliphatic rings. The van der Waals surface area contributed by atoms with Gasteiger partial charge in [0.25, 0.3) is 5.91 Å². The summed E-state index contributed by atoms with van der Waals surface area (Å²) >= 11 is 0. The van der Waals surface area contributed by atoms with Crippen LogP contribution < -0.4 is 16.6 Å². The van der Waals surface area contributed by atoms with E-state index in [1.165, 1.54) is 12.1 Å². The van der Waals surface area contributed by atoms with Crippen molar-refractivity contribution in [3.05, 3.63) is 59.2 Å². The third-order valence-electron chi connectivity index (χ3n) is 2.83. The second-order valence-electron chi connectivity index (χ2n) is 4.16. The minimum absolute atomic E-state index is 0.220. The second-order valence-corrected chi connectivity index (χ2v) is 4.16. The molecule has 102 valence electrons. The molecule has 0 fully saturated rings. The van der Waals surface area contributed by atoms with Gasteiger partial charge in [0.05, 0.1) is 11.1 Å². The van der Waals surface area contributed by atoms with Gasteiger partial charge < -0.3 is 10.7 Å². The minimum atomic E-state index is -0.313. The van der Waals surface area contributed by atoms with Crippen LogP contribution in [0.15, 0.2) is 42.5 Å². The van der Waals surface area contributed by atoms with Crippen LogP contribution in [0, 0.1) is 22.7 Å². The Bertz CT molecular complexity index is 753. The molecule has 0 atom stereocenters. The smallest absolute Gasteiger partial charge is 0.255 e. The normalized spacial score (nSPS) is 9.29. The zero-order valence-electron chi connectivity index (χ0n) is 10.9. The number of carbonyl (C=O) groups is 1. The standard InChI is InChI=1S/C15H11N5O/c16-8-11-3-6-14(7-12(11)9-17)19-15(21)10-1-4-13(20-18)5-2-10/h1-7,20H,18H2,(H,19,21). The van der Waals surface area contributed by atoms with Gasteiger partial charge in [0.15, 0.2) is 0 Å². The second kappa shape index (κ2) is 6.20. The summed E-state index contributed by atoms with van der Waals surface area (Å²) in [5, 5.41) is 20.5. The van der Waals surface area contributed by atoms with Crippen LogP contribution in [-0.4, -0.2) is 5.91 Å². The lowest BCUT2D eigenvalue weighted by Crippen LogP contribution is -2.12. The van der Waals surface area contributed by atoms with Crippen molar-refractivity contribution in [3.63, 3.8) is 0 Å². The van der Waals surface area contributed by atoms with Crippen LogP contribution in [0.5, 0.6) is 0 Å².